The smallest absolute Gasteiger partial charge is 0.321 e. The second-order valence-corrected chi connectivity index (χ2v) is 6.14. The number of para-hydroxylation sites is 1. The van der Waals surface area contributed by atoms with E-state index in [0.717, 1.165) is 40.6 Å². The molecule has 2 rings (SSSR count). The van der Waals surface area contributed by atoms with E-state index in [1.807, 2.05) is 23.1 Å². The fraction of sp³-hybridized carbons (Fsp3) is 0.462. The van der Waals surface area contributed by atoms with Gasteiger partial charge in [0, 0.05) is 22.0 Å². The molecule has 0 aromatic heterocycles. The highest BCUT2D eigenvalue weighted by molar-refractivity contribution is 9.11. The van der Waals surface area contributed by atoms with Crippen LogP contribution in [0.3, 0.4) is 0 Å². The minimum absolute atomic E-state index is 0.00972. The third-order valence-electron chi connectivity index (χ3n) is 3.09. The average Bonchev–Trinajstić information content (AvgIpc) is 2.62. The number of likely N-dealkylation sites (tertiary alicyclic amines) is 1. The van der Waals surface area contributed by atoms with E-state index in [0.29, 0.717) is 0 Å². The summed E-state index contributed by atoms with van der Waals surface area (Å²) in [7, 11) is 0. The van der Waals surface area contributed by atoms with Crippen LogP contribution in [0.2, 0.25) is 0 Å². The summed E-state index contributed by atoms with van der Waals surface area (Å²) < 4.78 is 1.78. The summed E-state index contributed by atoms with van der Waals surface area (Å²) in [6.07, 6.45) is 4.65. The number of nitrogens with zero attached hydrogens (tertiary/aromatic N) is 1. The van der Waals surface area contributed by atoms with Crippen molar-refractivity contribution in [3.8, 4) is 0 Å². The van der Waals surface area contributed by atoms with Gasteiger partial charge < -0.3 is 10.2 Å². The van der Waals surface area contributed by atoms with E-state index < -0.39 is 0 Å². The summed E-state index contributed by atoms with van der Waals surface area (Å²) in [5.74, 6) is 0. The summed E-state index contributed by atoms with van der Waals surface area (Å²) in [4.78, 5) is 14.1. The van der Waals surface area contributed by atoms with E-state index in [1.54, 1.807) is 0 Å². The van der Waals surface area contributed by atoms with Gasteiger partial charge in [0.25, 0.3) is 0 Å². The Kier molecular flexibility index (Phi) is 5.06. The number of halogens is 2. The Hall–Kier alpha value is -0.550. The molecule has 2 amide bonds. The number of rotatable bonds is 1. The third-order valence-corrected chi connectivity index (χ3v) is 4.41. The van der Waals surface area contributed by atoms with Gasteiger partial charge in [-0.25, -0.2) is 4.79 Å². The highest BCUT2D eigenvalue weighted by Crippen LogP contribution is 2.30. The lowest BCUT2D eigenvalue weighted by atomic mass is 10.2. The topological polar surface area (TPSA) is 32.3 Å². The van der Waals surface area contributed by atoms with Gasteiger partial charge in [-0.05, 0) is 56.8 Å². The highest BCUT2D eigenvalue weighted by atomic mass is 79.9. The van der Waals surface area contributed by atoms with Gasteiger partial charge in [-0.2, -0.15) is 0 Å². The van der Waals surface area contributed by atoms with Crippen LogP contribution in [0, 0.1) is 0 Å². The molecule has 0 saturated carbocycles. The molecule has 3 nitrogen and oxygen atoms in total. The van der Waals surface area contributed by atoms with Crippen LogP contribution in [0.1, 0.15) is 25.7 Å². The van der Waals surface area contributed by atoms with Gasteiger partial charge in [-0.3, -0.25) is 0 Å². The van der Waals surface area contributed by atoms with Crippen LogP contribution in [-0.4, -0.2) is 24.0 Å². The molecule has 1 aliphatic heterocycles. The summed E-state index contributed by atoms with van der Waals surface area (Å²) in [6.45, 7) is 1.71. The molecule has 1 heterocycles. The molecule has 0 aliphatic carbocycles. The van der Waals surface area contributed by atoms with Crippen molar-refractivity contribution in [1.29, 1.82) is 0 Å². The molecule has 0 unspecified atom stereocenters. The first-order valence-corrected chi connectivity index (χ1v) is 7.77. The summed E-state index contributed by atoms with van der Waals surface area (Å²) >= 11 is 6.90. The van der Waals surface area contributed by atoms with Crippen LogP contribution >= 0.6 is 31.9 Å². The molecule has 18 heavy (non-hydrogen) atoms. The average molecular weight is 376 g/mol. The van der Waals surface area contributed by atoms with Crippen LogP contribution in [0.15, 0.2) is 27.1 Å². The lowest BCUT2D eigenvalue weighted by molar-refractivity contribution is 0.213. The van der Waals surface area contributed by atoms with Crippen molar-refractivity contribution >= 4 is 43.6 Å². The second-order valence-electron chi connectivity index (χ2n) is 4.43. The van der Waals surface area contributed by atoms with Crippen molar-refractivity contribution < 1.29 is 4.79 Å². The molecule has 1 N–H and O–H groups in total. The Morgan fingerprint density at radius 1 is 1.06 bits per heavy atom. The Morgan fingerprint density at radius 2 is 1.61 bits per heavy atom. The molecular formula is C13H16Br2N2O. The zero-order chi connectivity index (χ0) is 13.0. The maximum atomic E-state index is 12.2. The lowest BCUT2D eigenvalue weighted by Crippen LogP contribution is -2.35. The first-order chi connectivity index (χ1) is 8.68. The molecule has 1 aromatic rings. The predicted molar refractivity (Wildman–Crippen MR) is 80.9 cm³/mol. The van der Waals surface area contributed by atoms with Gasteiger partial charge in [0.1, 0.15) is 0 Å². The number of carbonyl (C=O) groups is 1. The number of nitrogens with one attached hydrogen (secondary N) is 1. The third kappa shape index (κ3) is 3.48. The number of carbonyl (C=O) groups excluding carboxylic acids is 1. The number of urea groups is 1. The molecular weight excluding hydrogens is 360 g/mol. The monoisotopic (exact) mass is 374 g/mol. The van der Waals surface area contributed by atoms with Gasteiger partial charge in [0.15, 0.2) is 0 Å². The van der Waals surface area contributed by atoms with Crippen molar-refractivity contribution in [2.24, 2.45) is 0 Å². The minimum atomic E-state index is -0.00972. The molecule has 0 bridgehead atoms. The van der Waals surface area contributed by atoms with E-state index in [1.165, 1.54) is 12.8 Å². The summed E-state index contributed by atoms with van der Waals surface area (Å²) in [5.41, 5.74) is 0.798. The van der Waals surface area contributed by atoms with Gasteiger partial charge in [0.05, 0.1) is 5.69 Å². The molecule has 98 valence electrons. The lowest BCUT2D eigenvalue weighted by Gasteiger charge is -2.21. The molecule has 1 fully saturated rings. The quantitative estimate of drug-likeness (QED) is 0.763. The fourth-order valence-electron chi connectivity index (χ4n) is 2.08. The Balaban J connectivity index is 2.06. The molecule has 1 aromatic carbocycles. The van der Waals surface area contributed by atoms with E-state index in [4.69, 9.17) is 0 Å². The first-order valence-electron chi connectivity index (χ1n) is 6.18. The van der Waals surface area contributed by atoms with Gasteiger partial charge in [-0.1, -0.05) is 18.9 Å². The number of hydrogen-bond donors (Lipinski definition) is 1. The van der Waals surface area contributed by atoms with Crippen LogP contribution in [0.4, 0.5) is 10.5 Å². The summed E-state index contributed by atoms with van der Waals surface area (Å²) in [5, 5.41) is 2.97. The Labute approximate surface area is 124 Å². The van der Waals surface area contributed by atoms with Crippen LogP contribution < -0.4 is 5.32 Å². The zero-order valence-electron chi connectivity index (χ0n) is 10.1. The van der Waals surface area contributed by atoms with Crippen molar-refractivity contribution in [3.63, 3.8) is 0 Å². The van der Waals surface area contributed by atoms with Crippen LogP contribution in [0.25, 0.3) is 0 Å². The zero-order valence-corrected chi connectivity index (χ0v) is 13.3. The van der Waals surface area contributed by atoms with Crippen molar-refractivity contribution in [2.45, 2.75) is 25.7 Å². The van der Waals surface area contributed by atoms with Crippen molar-refractivity contribution in [2.75, 3.05) is 18.4 Å². The molecule has 5 heteroatoms. The first kappa shape index (κ1) is 13.9. The largest absolute Gasteiger partial charge is 0.325 e. The molecule has 1 aliphatic rings. The van der Waals surface area contributed by atoms with Gasteiger partial charge in [0.2, 0.25) is 0 Å². The summed E-state index contributed by atoms with van der Waals surface area (Å²) in [6, 6.07) is 5.76. The minimum Gasteiger partial charge on any atom is -0.325 e. The number of amides is 2. The maximum Gasteiger partial charge on any atom is 0.321 e. The fourth-order valence-corrected chi connectivity index (χ4v) is 3.27. The predicted octanol–water partition coefficient (Wildman–Crippen LogP) is 4.62. The molecule has 0 spiro atoms. The van der Waals surface area contributed by atoms with Crippen LogP contribution in [-0.2, 0) is 0 Å². The highest BCUT2D eigenvalue weighted by Gasteiger charge is 2.17. The van der Waals surface area contributed by atoms with Crippen molar-refractivity contribution in [3.05, 3.63) is 27.1 Å². The van der Waals surface area contributed by atoms with E-state index in [-0.39, 0.29) is 6.03 Å². The maximum absolute atomic E-state index is 12.2. The molecule has 0 atom stereocenters. The standard InChI is InChI=1S/C13H16Br2N2O/c14-10-6-5-7-11(15)12(10)16-13(18)17-8-3-1-2-4-9-17/h5-7H,1-4,8-9H2,(H,16,18). The Morgan fingerprint density at radius 3 is 2.17 bits per heavy atom. The number of benzene rings is 1. The normalized spacial score (nSPS) is 16.2. The second kappa shape index (κ2) is 6.57. The van der Waals surface area contributed by atoms with E-state index >= 15 is 0 Å². The van der Waals surface area contributed by atoms with Gasteiger partial charge in [-0.15, -0.1) is 0 Å². The molecule has 1 saturated heterocycles. The van der Waals surface area contributed by atoms with E-state index in [9.17, 15) is 4.79 Å². The Bertz CT molecular complexity index is 409. The SMILES string of the molecule is O=C(Nc1c(Br)cccc1Br)N1CCCCCC1. The number of hydrogen-bond acceptors (Lipinski definition) is 1. The molecule has 0 radical (unpaired) electrons. The van der Waals surface area contributed by atoms with Gasteiger partial charge >= 0.3 is 6.03 Å². The number of anilines is 1. The van der Waals surface area contributed by atoms with Crippen LogP contribution in [0.5, 0.6) is 0 Å². The van der Waals surface area contributed by atoms with E-state index in [2.05, 4.69) is 37.2 Å². The van der Waals surface area contributed by atoms with Crippen molar-refractivity contribution in [1.82, 2.24) is 4.90 Å².